The van der Waals surface area contributed by atoms with Crippen LogP contribution in [0.3, 0.4) is 0 Å². The van der Waals surface area contributed by atoms with E-state index in [2.05, 4.69) is 5.32 Å². The summed E-state index contributed by atoms with van der Waals surface area (Å²) in [6.45, 7) is 6.40. The lowest BCUT2D eigenvalue weighted by atomic mass is 10.00. The lowest BCUT2D eigenvalue weighted by molar-refractivity contribution is -0.00544. The molecule has 0 aliphatic rings. The van der Waals surface area contributed by atoms with E-state index in [1.807, 2.05) is 20.8 Å². The number of halogens is 2. The summed E-state index contributed by atoms with van der Waals surface area (Å²) in [6, 6.07) is 4.01. The molecule has 0 fully saturated rings. The highest BCUT2D eigenvalue weighted by Gasteiger charge is 2.24. The van der Waals surface area contributed by atoms with Gasteiger partial charge >= 0.3 is 0 Å². The maximum Gasteiger partial charge on any atom is 0.159 e. The molecule has 0 saturated heterocycles. The van der Waals surface area contributed by atoms with E-state index in [1.165, 1.54) is 6.07 Å². The van der Waals surface area contributed by atoms with Crippen LogP contribution < -0.4 is 5.32 Å². The lowest BCUT2D eigenvalue weighted by Gasteiger charge is -2.31. The fourth-order valence-corrected chi connectivity index (χ4v) is 1.34. The highest BCUT2D eigenvalue weighted by atomic mass is 19.2. The minimum atomic E-state index is -0.820. The van der Waals surface area contributed by atoms with E-state index in [4.69, 9.17) is 4.74 Å². The molecule has 1 atom stereocenters. The normalized spacial score (nSPS) is 13.8. The summed E-state index contributed by atoms with van der Waals surface area (Å²) in [5.74, 6) is -1.64. The van der Waals surface area contributed by atoms with E-state index in [9.17, 15) is 8.78 Å². The van der Waals surface area contributed by atoms with Crippen molar-refractivity contribution in [2.24, 2.45) is 0 Å². The molecule has 0 heterocycles. The minimum absolute atomic E-state index is 0.0978. The van der Waals surface area contributed by atoms with Crippen LogP contribution in [0.5, 0.6) is 0 Å². The van der Waals surface area contributed by atoms with Crippen molar-refractivity contribution in [2.75, 3.05) is 7.11 Å². The van der Waals surface area contributed by atoms with E-state index in [-0.39, 0.29) is 11.6 Å². The molecular weight excluding hydrogens is 224 g/mol. The Kier molecular flexibility index (Phi) is 4.60. The molecular formula is C13H19F2NO. The Morgan fingerprint density at radius 1 is 1.29 bits per heavy atom. The average Bonchev–Trinajstić information content (AvgIpc) is 2.30. The Labute approximate surface area is 101 Å². The molecule has 1 aromatic rings. The maximum atomic E-state index is 13.0. The Hall–Kier alpha value is -1.00. The Morgan fingerprint density at radius 2 is 1.94 bits per heavy atom. The predicted molar refractivity (Wildman–Crippen MR) is 63.7 cm³/mol. The highest BCUT2D eigenvalue weighted by Crippen LogP contribution is 2.14. The average molecular weight is 243 g/mol. The number of benzene rings is 1. The first-order chi connectivity index (χ1) is 7.86. The van der Waals surface area contributed by atoms with E-state index < -0.39 is 11.6 Å². The topological polar surface area (TPSA) is 21.3 Å². The third-order valence-corrected chi connectivity index (χ3v) is 3.17. The molecule has 96 valence electrons. The molecule has 0 radical (unpaired) electrons. The van der Waals surface area contributed by atoms with Gasteiger partial charge in [0.15, 0.2) is 11.6 Å². The predicted octanol–water partition coefficient (Wildman–Crippen LogP) is 2.87. The minimum Gasteiger partial charge on any atom is -0.377 e. The fraction of sp³-hybridized carbons (Fsp3) is 0.538. The van der Waals surface area contributed by atoms with Crippen molar-refractivity contribution in [3.8, 4) is 0 Å². The van der Waals surface area contributed by atoms with Crippen molar-refractivity contribution in [3.05, 3.63) is 35.4 Å². The van der Waals surface area contributed by atoms with Gasteiger partial charge < -0.3 is 10.1 Å². The van der Waals surface area contributed by atoms with Gasteiger partial charge in [-0.05, 0) is 38.5 Å². The molecule has 2 nitrogen and oxygen atoms in total. The molecule has 1 N–H and O–H groups in total. The smallest absolute Gasteiger partial charge is 0.159 e. The molecule has 0 saturated carbocycles. The van der Waals surface area contributed by atoms with Crippen LogP contribution in [-0.2, 0) is 11.3 Å². The van der Waals surface area contributed by atoms with Gasteiger partial charge in [-0.2, -0.15) is 0 Å². The maximum absolute atomic E-state index is 13.0. The quantitative estimate of drug-likeness (QED) is 0.858. The van der Waals surface area contributed by atoms with E-state index in [1.54, 1.807) is 13.2 Å². The Balaban J connectivity index is 2.59. The summed E-state index contributed by atoms with van der Waals surface area (Å²) < 4.78 is 31.0. The molecule has 0 spiro atoms. The van der Waals surface area contributed by atoms with Crippen molar-refractivity contribution >= 4 is 0 Å². The zero-order valence-electron chi connectivity index (χ0n) is 10.7. The number of hydrogen-bond donors (Lipinski definition) is 1. The van der Waals surface area contributed by atoms with Gasteiger partial charge in [0, 0.05) is 19.7 Å². The fourth-order valence-electron chi connectivity index (χ4n) is 1.34. The first kappa shape index (κ1) is 14.1. The summed E-state index contributed by atoms with van der Waals surface area (Å²) >= 11 is 0. The van der Waals surface area contributed by atoms with Crippen LogP contribution >= 0.6 is 0 Å². The SMILES string of the molecule is COC(C)(C)C(C)NCc1ccc(F)c(F)c1. The molecule has 17 heavy (non-hydrogen) atoms. The van der Waals surface area contributed by atoms with Crippen molar-refractivity contribution < 1.29 is 13.5 Å². The first-order valence-electron chi connectivity index (χ1n) is 5.59. The third-order valence-electron chi connectivity index (χ3n) is 3.17. The van der Waals surface area contributed by atoms with Gasteiger partial charge in [0.25, 0.3) is 0 Å². The Bertz CT molecular complexity index is 380. The molecule has 0 amide bonds. The van der Waals surface area contributed by atoms with E-state index in [0.717, 1.165) is 6.07 Å². The van der Waals surface area contributed by atoms with Crippen molar-refractivity contribution in [3.63, 3.8) is 0 Å². The molecule has 0 aromatic heterocycles. The van der Waals surface area contributed by atoms with E-state index >= 15 is 0 Å². The summed E-state index contributed by atoms with van der Waals surface area (Å²) in [6.07, 6.45) is 0. The standard InChI is InChI=1S/C13H19F2NO/c1-9(13(2,3)17-4)16-8-10-5-6-11(14)12(15)7-10/h5-7,9,16H,8H2,1-4H3. The molecule has 0 aliphatic carbocycles. The molecule has 4 heteroatoms. The number of methoxy groups -OCH3 is 1. The van der Waals surface area contributed by atoms with Crippen molar-refractivity contribution in [1.82, 2.24) is 5.32 Å². The monoisotopic (exact) mass is 243 g/mol. The largest absolute Gasteiger partial charge is 0.377 e. The molecule has 0 aliphatic heterocycles. The molecule has 1 unspecified atom stereocenters. The van der Waals surface area contributed by atoms with Crippen LogP contribution in [0, 0.1) is 11.6 Å². The summed E-state index contributed by atoms with van der Waals surface area (Å²) in [7, 11) is 1.65. The second kappa shape index (κ2) is 5.56. The zero-order chi connectivity index (χ0) is 13.1. The van der Waals surface area contributed by atoms with Gasteiger partial charge in [-0.15, -0.1) is 0 Å². The molecule has 1 aromatic carbocycles. The Morgan fingerprint density at radius 3 is 2.47 bits per heavy atom. The second-order valence-electron chi connectivity index (χ2n) is 4.66. The van der Waals surface area contributed by atoms with Gasteiger partial charge in [0.2, 0.25) is 0 Å². The number of rotatable bonds is 5. The first-order valence-corrected chi connectivity index (χ1v) is 5.59. The lowest BCUT2D eigenvalue weighted by Crippen LogP contribution is -2.45. The third kappa shape index (κ3) is 3.75. The van der Waals surface area contributed by atoms with Gasteiger partial charge in [0.1, 0.15) is 0 Å². The number of ether oxygens (including phenoxy) is 1. The molecule has 0 bridgehead atoms. The zero-order valence-corrected chi connectivity index (χ0v) is 10.7. The van der Waals surface area contributed by atoms with Gasteiger partial charge in [0.05, 0.1) is 5.60 Å². The van der Waals surface area contributed by atoms with E-state index in [0.29, 0.717) is 12.1 Å². The van der Waals surface area contributed by atoms with Crippen LogP contribution in [0.25, 0.3) is 0 Å². The van der Waals surface area contributed by atoms with Gasteiger partial charge in [-0.1, -0.05) is 6.07 Å². The van der Waals surface area contributed by atoms with Crippen molar-refractivity contribution in [2.45, 2.75) is 39.0 Å². The van der Waals surface area contributed by atoms with Gasteiger partial charge in [-0.25, -0.2) is 8.78 Å². The van der Waals surface area contributed by atoms with Crippen LogP contribution in [0.2, 0.25) is 0 Å². The number of nitrogens with one attached hydrogen (secondary N) is 1. The van der Waals surface area contributed by atoms with Crippen LogP contribution in [0.1, 0.15) is 26.3 Å². The second-order valence-corrected chi connectivity index (χ2v) is 4.66. The summed E-state index contributed by atoms with van der Waals surface area (Å²) in [5.41, 5.74) is 0.404. The number of hydrogen-bond acceptors (Lipinski definition) is 2. The summed E-state index contributed by atoms with van der Waals surface area (Å²) in [4.78, 5) is 0. The molecule has 1 rings (SSSR count). The van der Waals surface area contributed by atoms with Gasteiger partial charge in [-0.3, -0.25) is 0 Å². The van der Waals surface area contributed by atoms with Crippen LogP contribution in [0.4, 0.5) is 8.78 Å². The summed E-state index contributed by atoms with van der Waals surface area (Å²) in [5, 5.41) is 3.22. The van der Waals surface area contributed by atoms with Crippen LogP contribution in [-0.4, -0.2) is 18.8 Å². The highest BCUT2D eigenvalue weighted by molar-refractivity contribution is 5.17. The van der Waals surface area contributed by atoms with Crippen molar-refractivity contribution in [1.29, 1.82) is 0 Å². The van der Waals surface area contributed by atoms with Crippen LogP contribution in [0.15, 0.2) is 18.2 Å².